The summed E-state index contributed by atoms with van der Waals surface area (Å²) in [5, 5.41) is 13.5. The molecule has 1 aliphatic carbocycles. The molecule has 2 aromatic rings. The van der Waals surface area contributed by atoms with Gasteiger partial charge < -0.3 is 5.32 Å². The molecular formula is C14H18N4S. The average Bonchev–Trinajstić information content (AvgIpc) is 2.87. The smallest absolute Gasteiger partial charge is 0.205 e. The summed E-state index contributed by atoms with van der Waals surface area (Å²) < 4.78 is 0. The molecule has 0 amide bonds. The van der Waals surface area contributed by atoms with Crippen LogP contribution in [-0.4, -0.2) is 21.7 Å². The summed E-state index contributed by atoms with van der Waals surface area (Å²) in [7, 11) is 0. The van der Waals surface area contributed by atoms with Crippen molar-refractivity contribution in [3.63, 3.8) is 0 Å². The second-order valence-electron chi connectivity index (χ2n) is 4.88. The van der Waals surface area contributed by atoms with Crippen LogP contribution in [0.15, 0.2) is 6.07 Å². The van der Waals surface area contributed by atoms with Gasteiger partial charge in [0.05, 0.1) is 0 Å². The van der Waals surface area contributed by atoms with Gasteiger partial charge in [-0.3, -0.25) is 4.98 Å². The Morgan fingerprint density at radius 2 is 2.11 bits per heavy atom. The number of pyridine rings is 1. The quantitative estimate of drug-likeness (QED) is 0.933. The van der Waals surface area contributed by atoms with Crippen molar-refractivity contribution in [2.75, 3.05) is 11.9 Å². The molecular weight excluding hydrogens is 256 g/mol. The molecule has 1 N–H and O–H groups in total. The minimum atomic E-state index is 0.871. The SMILES string of the molecule is CCNc1nnc(-c2cc3c(nc2C)CCCC3)s1. The predicted molar refractivity (Wildman–Crippen MR) is 78.7 cm³/mol. The van der Waals surface area contributed by atoms with E-state index < -0.39 is 0 Å². The number of rotatable bonds is 3. The summed E-state index contributed by atoms with van der Waals surface area (Å²) in [6.07, 6.45) is 4.81. The topological polar surface area (TPSA) is 50.7 Å². The predicted octanol–water partition coefficient (Wildman–Crippen LogP) is 3.22. The fourth-order valence-electron chi connectivity index (χ4n) is 2.51. The van der Waals surface area contributed by atoms with Crippen LogP contribution >= 0.6 is 11.3 Å². The first kappa shape index (κ1) is 12.5. The lowest BCUT2D eigenvalue weighted by molar-refractivity contribution is 0.666. The Labute approximate surface area is 117 Å². The van der Waals surface area contributed by atoms with Crippen molar-refractivity contribution in [3.05, 3.63) is 23.0 Å². The molecule has 0 saturated carbocycles. The largest absolute Gasteiger partial charge is 0.360 e. The molecule has 0 spiro atoms. The van der Waals surface area contributed by atoms with E-state index in [1.54, 1.807) is 11.3 Å². The van der Waals surface area contributed by atoms with E-state index in [0.717, 1.165) is 40.8 Å². The van der Waals surface area contributed by atoms with Gasteiger partial charge in [0, 0.05) is 23.5 Å². The first-order chi connectivity index (χ1) is 9.28. The van der Waals surface area contributed by atoms with Crippen LogP contribution in [0.4, 0.5) is 5.13 Å². The molecule has 100 valence electrons. The maximum absolute atomic E-state index is 4.76. The van der Waals surface area contributed by atoms with Gasteiger partial charge >= 0.3 is 0 Å². The fourth-order valence-corrected chi connectivity index (χ4v) is 3.39. The lowest BCUT2D eigenvalue weighted by Crippen LogP contribution is -2.07. The van der Waals surface area contributed by atoms with Crippen molar-refractivity contribution >= 4 is 16.5 Å². The lowest BCUT2D eigenvalue weighted by Gasteiger charge is -2.16. The Kier molecular flexibility index (Phi) is 3.46. The molecule has 0 unspecified atom stereocenters. The number of aromatic nitrogens is 3. The molecule has 0 bridgehead atoms. The molecule has 0 aliphatic heterocycles. The molecule has 0 radical (unpaired) electrons. The zero-order valence-corrected chi connectivity index (χ0v) is 12.2. The number of aryl methyl sites for hydroxylation is 3. The van der Waals surface area contributed by atoms with E-state index in [2.05, 4.69) is 35.4 Å². The lowest BCUT2D eigenvalue weighted by atomic mass is 9.94. The molecule has 1 aliphatic rings. The highest BCUT2D eigenvalue weighted by molar-refractivity contribution is 7.18. The Morgan fingerprint density at radius 3 is 2.95 bits per heavy atom. The van der Waals surface area contributed by atoms with Gasteiger partial charge in [-0.05, 0) is 51.2 Å². The second-order valence-corrected chi connectivity index (χ2v) is 5.85. The molecule has 19 heavy (non-hydrogen) atoms. The van der Waals surface area contributed by atoms with Gasteiger partial charge in [-0.1, -0.05) is 11.3 Å². The highest BCUT2D eigenvalue weighted by atomic mass is 32.1. The van der Waals surface area contributed by atoms with Gasteiger partial charge in [0.25, 0.3) is 0 Å². The van der Waals surface area contributed by atoms with Crippen molar-refractivity contribution in [1.82, 2.24) is 15.2 Å². The molecule has 5 heteroatoms. The summed E-state index contributed by atoms with van der Waals surface area (Å²) in [5.41, 5.74) is 4.89. The molecule has 4 nitrogen and oxygen atoms in total. The number of hydrogen-bond acceptors (Lipinski definition) is 5. The minimum Gasteiger partial charge on any atom is -0.360 e. The van der Waals surface area contributed by atoms with Gasteiger partial charge in [-0.15, -0.1) is 10.2 Å². The number of nitrogens with zero attached hydrogens (tertiary/aromatic N) is 3. The summed E-state index contributed by atoms with van der Waals surface area (Å²) in [4.78, 5) is 4.76. The van der Waals surface area contributed by atoms with Gasteiger partial charge in [-0.25, -0.2) is 0 Å². The van der Waals surface area contributed by atoms with E-state index in [-0.39, 0.29) is 0 Å². The zero-order chi connectivity index (χ0) is 13.2. The second kappa shape index (κ2) is 5.25. The Bertz CT molecular complexity index is 591. The highest BCUT2D eigenvalue weighted by Gasteiger charge is 2.16. The normalized spacial score (nSPS) is 14.2. The fraction of sp³-hybridized carbons (Fsp3) is 0.500. The summed E-state index contributed by atoms with van der Waals surface area (Å²) in [6.45, 7) is 5.00. The van der Waals surface area contributed by atoms with E-state index in [9.17, 15) is 0 Å². The summed E-state index contributed by atoms with van der Waals surface area (Å²) in [6, 6.07) is 2.27. The number of nitrogens with one attached hydrogen (secondary N) is 1. The van der Waals surface area contributed by atoms with E-state index >= 15 is 0 Å². The van der Waals surface area contributed by atoms with Crippen LogP contribution in [0.5, 0.6) is 0 Å². The van der Waals surface area contributed by atoms with Crippen molar-refractivity contribution in [3.8, 4) is 10.6 Å². The zero-order valence-electron chi connectivity index (χ0n) is 11.4. The third kappa shape index (κ3) is 2.47. The Morgan fingerprint density at radius 1 is 1.26 bits per heavy atom. The van der Waals surface area contributed by atoms with Crippen LogP contribution in [0.25, 0.3) is 10.6 Å². The van der Waals surface area contributed by atoms with Crippen LogP contribution in [0.3, 0.4) is 0 Å². The maximum atomic E-state index is 4.76. The number of hydrogen-bond donors (Lipinski definition) is 1. The van der Waals surface area contributed by atoms with Gasteiger partial charge in [0.15, 0.2) is 5.01 Å². The molecule has 0 saturated heterocycles. The Balaban J connectivity index is 1.99. The average molecular weight is 274 g/mol. The van der Waals surface area contributed by atoms with E-state index in [0.29, 0.717) is 0 Å². The molecule has 0 aromatic carbocycles. The first-order valence-electron chi connectivity index (χ1n) is 6.85. The highest BCUT2D eigenvalue weighted by Crippen LogP contribution is 2.31. The van der Waals surface area contributed by atoms with Crippen molar-refractivity contribution in [2.45, 2.75) is 39.5 Å². The monoisotopic (exact) mass is 274 g/mol. The Hall–Kier alpha value is -1.49. The molecule has 0 atom stereocenters. The maximum Gasteiger partial charge on any atom is 0.205 e. The molecule has 3 rings (SSSR count). The van der Waals surface area contributed by atoms with Crippen LogP contribution in [0.1, 0.15) is 36.7 Å². The standard InChI is InChI=1S/C14H18N4S/c1-3-15-14-18-17-13(19-14)11-8-10-6-4-5-7-12(10)16-9(11)2/h8H,3-7H2,1-2H3,(H,15,18). The molecule has 0 fully saturated rings. The van der Waals surface area contributed by atoms with Crippen LogP contribution in [0.2, 0.25) is 0 Å². The van der Waals surface area contributed by atoms with Gasteiger partial charge in [0.1, 0.15) is 0 Å². The van der Waals surface area contributed by atoms with Crippen LogP contribution < -0.4 is 5.32 Å². The van der Waals surface area contributed by atoms with Crippen LogP contribution in [-0.2, 0) is 12.8 Å². The van der Waals surface area contributed by atoms with Crippen molar-refractivity contribution in [1.29, 1.82) is 0 Å². The van der Waals surface area contributed by atoms with Crippen molar-refractivity contribution < 1.29 is 0 Å². The summed E-state index contributed by atoms with van der Waals surface area (Å²) >= 11 is 1.60. The number of anilines is 1. The number of fused-ring (bicyclic) bond motifs is 1. The molecule has 2 aromatic heterocycles. The third-order valence-corrected chi connectivity index (χ3v) is 4.39. The van der Waals surface area contributed by atoms with Crippen molar-refractivity contribution in [2.24, 2.45) is 0 Å². The minimum absolute atomic E-state index is 0.871. The molecule has 2 heterocycles. The van der Waals surface area contributed by atoms with E-state index in [1.807, 2.05) is 0 Å². The summed E-state index contributed by atoms with van der Waals surface area (Å²) in [5.74, 6) is 0. The third-order valence-electron chi connectivity index (χ3n) is 3.47. The van der Waals surface area contributed by atoms with E-state index in [4.69, 9.17) is 4.98 Å². The van der Waals surface area contributed by atoms with Gasteiger partial charge in [0.2, 0.25) is 5.13 Å². The van der Waals surface area contributed by atoms with E-state index in [1.165, 1.54) is 24.1 Å². The van der Waals surface area contributed by atoms with Gasteiger partial charge in [-0.2, -0.15) is 0 Å². The van der Waals surface area contributed by atoms with Crippen LogP contribution in [0, 0.1) is 6.92 Å². The first-order valence-corrected chi connectivity index (χ1v) is 7.66.